The van der Waals surface area contributed by atoms with Crippen molar-refractivity contribution in [3.63, 3.8) is 0 Å². The topological polar surface area (TPSA) is 52.6 Å². The van der Waals surface area contributed by atoms with Crippen LogP contribution in [0.2, 0.25) is 0 Å². The third-order valence-corrected chi connectivity index (χ3v) is 5.45. The minimum Gasteiger partial charge on any atom is -0.461 e. The average molecular weight is 407 g/mol. The zero-order valence-electron chi connectivity index (χ0n) is 17.9. The summed E-state index contributed by atoms with van der Waals surface area (Å²) in [6.07, 6.45) is 12.1. The van der Waals surface area contributed by atoms with E-state index in [9.17, 15) is 0 Å². The van der Waals surface area contributed by atoms with Crippen LogP contribution < -0.4 is 0 Å². The van der Waals surface area contributed by atoms with Gasteiger partial charge in [0, 0.05) is 24.0 Å². The summed E-state index contributed by atoms with van der Waals surface area (Å²) in [4.78, 5) is 0. The highest BCUT2D eigenvalue weighted by molar-refractivity contribution is 5.75. The third kappa shape index (κ3) is 4.48. The highest BCUT2D eigenvalue weighted by atomic mass is 16.4. The Morgan fingerprint density at radius 2 is 1.07 bits per heavy atom. The highest BCUT2D eigenvalue weighted by Crippen LogP contribution is 2.39. The van der Waals surface area contributed by atoms with E-state index in [2.05, 4.69) is 26.0 Å². The molecule has 4 rings (SSSR count). The zero-order chi connectivity index (χ0) is 20.8. The summed E-state index contributed by atoms with van der Waals surface area (Å²) in [7, 11) is 0. The molecule has 4 heteroatoms. The van der Waals surface area contributed by atoms with Crippen molar-refractivity contribution in [2.45, 2.75) is 65.2 Å². The van der Waals surface area contributed by atoms with Gasteiger partial charge >= 0.3 is 0 Å². The van der Waals surface area contributed by atoms with Crippen molar-refractivity contribution < 1.29 is 17.7 Å². The molecule has 0 aliphatic rings. The summed E-state index contributed by atoms with van der Waals surface area (Å²) in [5, 5.41) is 0. The Kier molecular flexibility index (Phi) is 6.63. The van der Waals surface area contributed by atoms with Gasteiger partial charge in [-0.15, -0.1) is 0 Å². The first-order chi connectivity index (χ1) is 14.8. The van der Waals surface area contributed by atoms with Crippen molar-refractivity contribution in [2.24, 2.45) is 0 Å². The monoisotopic (exact) mass is 406 g/mol. The van der Waals surface area contributed by atoms with Gasteiger partial charge in [-0.1, -0.05) is 39.5 Å². The summed E-state index contributed by atoms with van der Waals surface area (Å²) in [6.45, 7) is 4.43. The van der Waals surface area contributed by atoms with Crippen molar-refractivity contribution >= 4 is 0 Å². The second-order valence-electron chi connectivity index (χ2n) is 7.76. The Bertz CT molecular complexity index is 931. The lowest BCUT2D eigenvalue weighted by Crippen LogP contribution is -1.90. The number of rotatable bonds is 11. The molecule has 0 atom stereocenters. The van der Waals surface area contributed by atoms with Gasteiger partial charge in [0.05, 0.1) is 12.5 Å². The standard InChI is InChI=1S/C26H30O4/c1-3-5-7-11-21-19(17-25(29-21)23-13-9-15-27-23)20-18-26(24-14-10-16-28-24)30-22(20)12-8-6-4-2/h9-10,13-18H,3-8,11-12H2,1-2H3. The van der Waals surface area contributed by atoms with E-state index in [-0.39, 0.29) is 0 Å². The van der Waals surface area contributed by atoms with Gasteiger partial charge in [0.25, 0.3) is 0 Å². The van der Waals surface area contributed by atoms with Gasteiger partial charge in [-0.2, -0.15) is 0 Å². The molecule has 0 bridgehead atoms. The molecule has 0 amide bonds. The van der Waals surface area contributed by atoms with Crippen molar-refractivity contribution in [2.75, 3.05) is 0 Å². The maximum atomic E-state index is 6.28. The summed E-state index contributed by atoms with van der Waals surface area (Å²) in [5.41, 5.74) is 2.20. The van der Waals surface area contributed by atoms with Gasteiger partial charge < -0.3 is 17.7 Å². The number of hydrogen-bond donors (Lipinski definition) is 0. The molecule has 0 saturated heterocycles. The molecule has 0 spiro atoms. The molecule has 0 aliphatic carbocycles. The molecule has 0 radical (unpaired) electrons. The quantitative estimate of drug-likeness (QED) is 0.234. The molecule has 0 unspecified atom stereocenters. The molecule has 158 valence electrons. The maximum Gasteiger partial charge on any atom is 0.170 e. The smallest absolute Gasteiger partial charge is 0.170 e. The largest absolute Gasteiger partial charge is 0.461 e. The lowest BCUT2D eigenvalue weighted by molar-refractivity contribution is 0.481. The molecular formula is C26H30O4. The number of aryl methyl sites for hydroxylation is 2. The second-order valence-corrected chi connectivity index (χ2v) is 7.76. The van der Waals surface area contributed by atoms with E-state index in [0.717, 1.165) is 71.4 Å². The first-order valence-corrected chi connectivity index (χ1v) is 11.1. The molecule has 4 heterocycles. The lowest BCUT2D eigenvalue weighted by Gasteiger charge is -2.04. The van der Waals surface area contributed by atoms with E-state index >= 15 is 0 Å². The van der Waals surface area contributed by atoms with Crippen LogP contribution in [-0.4, -0.2) is 0 Å². The van der Waals surface area contributed by atoms with Crippen LogP contribution in [0.5, 0.6) is 0 Å². The van der Waals surface area contributed by atoms with E-state index in [1.165, 1.54) is 25.7 Å². The normalized spacial score (nSPS) is 11.4. The Balaban J connectivity index is 1.74. The summed E-state index contributed by atoms with van der Waals surface area (Å²) >= 11 is 0. The van der Waals surface area contributed by atoms with E-state index < -0.39 is 0 Å². The molecule has 0 aliphatic heterocycles. The second kappa shape index (κ2) is 9.75. The Hall–Kier alpha value is -2.88. The molecular weight excluding hydrogens is 376 g/mol. The van der Waals surface area contributed by atoms with Crippen molar-refractivity contribution in [1.82, 2.24) is 0 Å². The summed E-state index contributed by atoms with van der Waals surface area (Å²) in [6, 6.07) is 11.8. The zero-order valence-corrected chi connectivity index (χ0v) is 17.9. The lowest BCUT2D eigenvalue weighted by atomic mass is 10.00. The molecule has 30 heavy (non-hydrogen) atoms. The first kappa shape index (κ1) is 20.4. The van der Waals surface area contributed by atoms with Gasteiger partial charge in [0.1, 0.15) is 11.5 Å². The SMILES string of the molecule is CCCCCc1oc(-c2ccco2)cc1-c1cc(-c2ccco2)oc1CCCCC. The Morgan fingerprint density at radius 3 is 1.43 bits per heavy atom. The van der Waals surface area contributed by atoms with Gasteiger partial charge in [-0.3, -0.25) is 0 Å². The van der Waals surface area contributed by atoms with E-state index in [4.69, 9.17) is 17.7 Å². The average Bonchev–Trinajstić information content (AvgIpc) is 3.54. The van der Waals surface area contributed by atoms with Crippen LogP contribution in [0.3, 0.4) is 0 Å². The minimum atomic E-state index is 0.750. The van der Waals surface area contributed by atoms with Crippen LogP contribution in [-0.2, 0) is 12.8 Å². The fourth-order valence-corrected chi connectivity index (χ4v) is 3.84. The van der Waals surface area contributed by atoms with Crippen LogP contribution >= 0.6 is 0 Å². The molecule has 4 aromatic heterocycles. The van der Waals surface area contributed by atoms with Crippen molar-refractivity contribution in [3.05, 3.63) is 60.4 Å². The Labute approximate surface area is 177 Å². The van der Waals surface area contributed by atoms with Gasteiger partial charge in [0.2, 0.25) is 0 Å². The number of unbranched alkanes of at least 4 members (excludes halogenated alkanes) is 4. The van der Waals surface area contributed by atoms with Crippen LogP contribution in [0.15, 0.2) is 66.6 Å². The fraction of sp³-hybridized carbons (Fsp3) is 0.385. The molecule has 0 fully saturated rings. The fourth-order valence-electron chi connectivity index (χ4n) is 3.84. The number of furan rings is 4. The van der Waals surface area contributed by atoms with Gasteiger partial charge in [-0.05, 0) is 49.2 Å². The van der Waals surface area contributed by atoms with E-state index in [1.54, 1.807) is 12.5 Å². The molecule has 0 N–H and O–H groups in total. The summed E-state index contributed by atoms with van der Waals surface area (Å²) in [5.74, 6) is 5.03. The third-order valence-electron chi connectivity index (χ3n) is 5.45. The number of hydrogen-bond acceptors (Lipinski definition) is 4. The van der Waals surface area contributed by atoms with Crippen LogP contribution in [0.4, 0.5) is 0 Å². The Morgan fingerprint density at radius 1 is 0.600 bits per heavy atom. The molecule has 0 aromatic carbocycles. The predicted molar refractivity (Wildman–Crippen MR) is 118 cm³/mol. The minimum absolute atomic E-state index is 0.750. The van der Waals surface area contributed by atoms with Crippen molar-refractivity contribution in [1.29, 1.82) is 0 Å². The van der Waals surface area contributed by atoms with Gasteiger partial charge in [-0.25, -0.2) is 0 Å². The van der Waals surface area contributed by atoms with Crippen LogP contribution in [0.1, 0.15) is 63.9 Å². The van der Waals surface area contributed by atoms with Crippen LogP contribution in [0.25, 0.3) is 34.2 Å². The van der Waals surface area contributed by atoms with Crippen molar-refractivity contribution in [3.8, 4) is 34.2 Å². The molecule has 4 aromatic rings. The predicted octanol–water partition coefficient (Wildman–Crippen LogP) is 8.53. The van der Waals surface area contributed by atoms with E-state index in [0.29, 0.717) is 0 Å². The molecule has 0 saturated carbocycles. The molecule has 4 nitrogen and oxygen atoms in total. The highest BCUT2D eigenvalue weighted by Gasteiger charge is 2.22. The first-order valence-electron chi connectivity index (χ1n) is 11.1. The maximum absolute atomic E-state index is 6.28. The summed E-state index contributed by atoms with van der Waals surface area (Å²) < 4.78 is 23.7. The van der Waals surface area contributed by atoms with E-state index in [1.807, 2.05) is 24.3 Å². The van der Waals surface area contributed by atoms with Crippen LogP contribution in [0, 0.1) is 0 Å². The van der Waals surface area contributed by atoms with Gasteiger partial charge in [0.15, 0.2) is 23.0 Å².